The predicted octanol–water partition coefficient (Wildman–Crippen LogP) is 0.962. The highest BCUT2D eigenvalue weighted by molar-refractivity contribution is 4.92. The van der Waals surface area contributed by atoms with Crippen LogP contribution in [0.25, 0.3) is 0 Å². The Labute approximate surface area is 61.3 Å². The van der Waals surface area contributed by atoms with E-state index in [4.69, 9.17) is 5.73 Å². The van der Waals surface area contributed by atoms with Gasteiger partial charge in [0, 0.05) is 25.1 Å². The first-order valence-corrected chi connectivity index (χ1v) is 3.38. The van der Waals surface area contributed by atoms with Crippen molar-refractivity contribution in [1.29, 1.82) is 0 Å². The molecule has 0 aliphatic carbocycles. The number of aromatic nitrogens is 2. The van der Waals surface area contributed by atoms with Crippen LogP contribution in [-0.4, -0.2) is 9.97 Å². The molecule has 0 aromatic carbocycles. The maximum atomic E-state index is 5.25. The lowest BCUT2D eigenvalue weighted by molar-refractivity contribution is 0.963. The summed E-state index contributed by atoms with van der Waals surface area (Å²) in [5.41, 5.74) is 6.07. The summed E-state index contributed by atoms with van der Waals surface area (Å²) in [6, 6.07) is 0. The number of nitrogens with zero attached hydrogens (tertiary/aromatic N) is 2. The monoisotopic (exact) mass is 139 g/mol. The van der Waals surface area contributed by atoms with Gasteiger partial charge in [-0.1, -0.05) is 13.8 Å². The van der Waals surface area contributed by atoms with Gasteiger partial charge in [0.2, 0.25) is 0 Å². The van der Waals surface area contributed by atoms with Crippen molar-refractivity contribution in [2.24, 2.45) is 5.73 Å². The van der Waals surface area contributed by atoms with Crippen LogP contribution in [0.4, 0.5) is 0 Å². The Morgan fingerprint density at radius 3 is 2.40 bits per heavy atom. The van der Waals surface area contributed by atoms with Crippen LogP contribution < -0.4 is 5.73 Å². The maximum absolute atomic E-state index is 5.25. The molecule has 0 saturated carbocycles. The molecular formula is C7H13N3. The van der Waals surface area contributed by atoms with Crippen molar-refractivity contribution < 1.29 is 0 Å². The lowest BCUT2D eigenvalue weighted by atomic mass is 10.5. The normalized spacial score (nSPS) is 7.90. The van der Waals surface area contributed by atoms with Gasteiger partial charge in [-0.25, -0.2) is 0 Å². The standard InChI is InChI=1S/C5H7N3.C2H6/c6-3-5-4-7-1-2-8-5;1-2/h1-2,4H,3,6H2;1-2H3. The summed E-state index contributed by atoms with van der Waals surface area (Å²) < 4.78 is 0. The van der Waals surface area contributed by atoms with Gasteiger partial charge in [0.05, 0.1) is 5.69 Å². The minimum absolute atomic E-state index is 0.466. The summed E-state index contributed by atoms with van der Waals surface area (Å²) in [6.45, 7) is 4.47. The second kappa shape index (κ2) is 6.16. The first-order chi connectivity index (χ1) is 4.93. The SMILES string of the molecule is CC.NCc1cnccn1. The molecule has 3 heteroatoms. The Kier molecular flexibility index (Phi) is 5.57. The molecular weight excluding hydrogens is 126 g/mol. The van der Waals surface area contributed by atoms with Crippen LogP contribution in [-0.2, 0) is 6.54 Å². The van der Waals surface area contributed by atoms with E-state index in [0.29, 0.717) is 6.54 Å². The van der Waals surface area contributed by atoms with Crippen LogP contribution in [0.2, 0.25) is 0 Å². The van der Waals surface area contributed by atoms with Crippen LogP contribution in [0.15, 0.2) is 18.6 Å². The van der Waals surface area contributed by atoms with Crippen LogP contribution in [0.5, 0.6) is 0 Å². The molecule has 0 amide bonds. The lowest BCUT2D eigenvalue weighted by Crippen LogP contribution is -1.98. The van der Waals surface area contributed by atoms with E-state index in [2.05, 4.69) is 9.97 Å². The fourth-order valence-corrected chi connectivity index (χ4v) is 0.435. The third-order valence-electron chi connectivity index (χ3n) is 0.826. The molecule has 1 rings (SSSR count). The second-order valence-corrected chi connectivity index (χ2v) is 1.40. The quantitative estimate of drug-likeness (QED) is 0.630. The molecule has 2 N–H and O–H groups in total. The summed E-state index contributed by atoms with van der Waals surface area (Å²) in [5, 5.41) is 0. The van der Waals surface area contributed by atoms with Gasteiger partial charge in [-0.05, 0) is 0 Å². The first kappa shape index (κ1) is 9.04. The molecule has 56 valence electrons. The maximum Gasteiger partial charge on any atom is 0.0722 e. The van der Waals surface area contributed by atoms with Crippen molar-refractivity contribution in [3.05, 3.63) is 24.3 Å². The molecule has 1 aromatic rings. The van der Waals surface area contributed by atoms with Gasteiger partial charge in [0.25, 0.3) is 0 Å². The highest BCUT2D eigenvalue weighted by Gasteiger charge is 1.83. The van der Waals surface area contributed by atoms with Crippen molar-refractivity contribution in [1.82, 2.24) is 9.97 Å². The van der Waals surface area contributed by atoms with Crippen LogP contribution >= 0.6 is 0 Å². The van der Waals surface area contributed by atoms with Crippen molar-refractivity contribution in [2.45, 2.75) is 20.4 Å². The zero-order chi connectivity index (χ0) is 7.82. The topological polar surface area (TPSA) is 51.8 Å². The number of nitrogens with two attached hydrogens (primary N) is 1. The molecule has 0 spiro atoms. The minimum atomic E-state index is 0.466. The molecule has 0 fully saturated rings. The molecule has 0 atom stereocenters. The van der Waals surface area contributed by atoms with Crippen LogP contribution in [0.3, 0.4) is 0 Å². The average molecular weight is 139 g/mol. The molecule has 10 heavy (non-hydrogen) atoms. The Morgan fingerprint density at radius 1 is 1.40 bits per heavy atom. The summed E-state index contributed by atoms with van der Waals surface area (Å²) >= 11 is 0. The van der Waals surface area contributed by atoms with E-state index in [1.54, 1.807) is 18.6 Å². The second-order valence-electron chi connectivity index (χ2n) is 1.40. The lowest BCUT2D eigenvalue weighted by Gasteiger charge is -1.88. The van der Waals surface area contributed by atoms with E-state index in [0.717, 1.165) is 5.69 Å². The van der Waals surface area contributed by atoms with E-state index in [-0.39, 0.29) is 0 Å². The third-order valence-corrected chi connectivity index (χ3v) is 0.826. The third kappa shape index (κ3) is 3.14. The van der Waals surface area contributed by atoms with Crippen LogP contribution in [0.1, 0.15) is 19.5 Å². The highest BCUT2D eigenvalue weighted by atomic mass is 14.8. The van der Waals surface area contributed by atoms with Crippen LogP contribution in [0, 0.1) is 0 Å². The molecule has 1 heterocycles. The van der Waals surface area contributed by atoms with E-state index in [9.17, 15) is 0 Å². The fourth-order valence-electron chi connectivity index (χ4n) is 0.435. The Bertz CT molecular complexity index is 150. The Balaban J connectivity index is 0.000000371. The Hall–Kier alpha value is -0.960. The van der Waals surface area contributed by atoms with E-state index >= 15 is 0 Å². The van der Waals surface area contributed by atoms with E-state index in [1.165, 1.54) is 0 Å². The summed E-state index contributed by atoms with van der Waals surface area (Å²) in [5.74, 6) is 0. The molecule has 0 aliphatic rings. The smallest absolute Gasteiger partial charge is 0.0722 e. The van der Waals surface area contributed by atoms with Gasteiger partial charge in [-0.3, -0.25) is 9.97 Å². The molecule has 0 unspecified atom stereocenters. The van der Waals surface area contributed by atoms with E-state index < -0.39 is 0 Å². The van der Waals surface area contributed by atoms with Gasteiger partial charge in [-0.15, -0.1) is 0 Å². The molecule has 0 bridgehead atoms. The van der Waals surface area contributed by atoms with Gasteiger partial charge < -0.3 is 5.73 Å². The largest absolute Gasteiger partial charge is 0.325 e. The van der Waals surface area contributed by atoms with Crippen molar-refractivity contribution in [3.63, 3.8) is 0 Å². The summed E-state index contributed by atoms with van der Waals surface area (Å²) in [6.07, 6.45) is 4.90. The number of hydrogen-bond acceptors (Lipinski definition) is 3. The zero-order valence-electron chi connectivity index (χ0n) is 6.41. The summed E-state index contributed by atoms with van der Waals surface area (Å²) in [7, 11) is 0. The number of hydrogen-bond donors (Lipinski definition) is 1. The van der Waals surface area contributed by atoms with E-state index in [1.807, 2.05) is 13.8 Å². The molecule has 3 nitrogen and oxygen atoms in total. The molecule has 0 radical (unpaired) electrons. The Morgan fingerprint density at radius 2 is 2.10 bits per heavy atom. The van der Waals surface area contributed by atoms with Crippen molar-refractivity contribution >= 4 is 0 Å². The predicted molar refractivity (Wildman–Crippen MR) is 41.3 cm³/mol. The van der Waals surface area contributed by atoms with Gasteiger partial charge in [0.15, 0.2) is 0 Å². The highest BCUT2D eigenvalue weighted by Crippen LogP contribution is 1.83. The summed E-state index contributed by atoms with van der Waals surface area (Å²) in [4.78, 5) is 7.72. The molecule has 0 aliphatic heterocycles. The zero-order valence-corrected chi connectivity index (χ0v) is 6.41. The van der Waals surface area contributed by atoms with Crippen molar-refractivity contribution in [3.8, 4) is 0 Å². The minimum Gasteiger partial charge on any atom is -0.325 e. The number of rotatable bonds is 1. The average Bonchev–Trinajstić information content (AvgIpc) is 2.10. The van der Waals surface area contributed by atoms with Gasteiger partial charge >= 0.3 is 0 Å². The van der Waals surface area contributed by atoms with Gasteiger partial charge in [-0.2, -0.15) is 0 Å². The van der Waals surface area contributed by atoms with Crippen molar-refractivity contribution in [2.75, 3.05) is 0 Å². The molecule has 1 aromatic heterocycles. The fraction of sp³-hybridized carbons (Fsp3) is 0.429. The first-order valence-electron chi connectivity index (χ1n) is 3.38. The molecule has 0 saturated heterocycles. The van der Waals surface area contributed by atoms with Gasteiger partial charge in [0.1, 0.15) is 0 Å².